The maximum absolute atomic E-state index is 13.7. The third kappa shape index (κ3) is 5.14. The number of hydrogen-bond donors (Lipinski definition) is 0. The van der Waals surface area contributed by atoms with Gasteiger partial charge in [-0.2, -0.15) is 14.7 Å². The second-order valence-corrected chi connectivity index (χ2v) is 12.3. The number of allylic oxidation sites excluding steroid dienone is 1. The fourth-order valence-electron chi connectivity index (χ4n) is 6.01. The zero-order valence-electron chi connectivity index (χ0n) is 22.4. The molecule has 2 aliphatic carbocycles. The number of hydrogen-bond acceptors (Lipinski definition) is 6. The van der Waals surface area contributed by atoms with Crippen molar-refractivity contribution in [3.05, 3.63) is 107 Å². The largest absolute Gasteiger partial charge is 0.439 e. The van der Waals surface area contributed by atoms with Crippen LogP contribution in [0.3, 0.4) is 0 Å². The molecule has 2 atom stereocenters. The van der Waals surface area contributed by atoms with E-state index in [0.717, 1.165) is 29.8 Å². The Balaban J connectivity index is 1.22. The highest BCUT2D eigenvalue weighted by Crippen LogP contribution is 2.47. The summed E-state index contributed by atoms with van der Waals surface area (Å²) >= 11 is 0. The molecule has 0 aliphatic heterocycles. The van der Waals surface area contributed by atoms with E-state index in [9.17, 15) is 18.1 Å². The van der Waals surface area contributed by atoms with Gasteiger partial charge in [-0.05, 0) is 73.4 Å². The van der Waals surface area contributed by atoms with Crippen LogP contribution in [0, 0.1) is 23.1 Å². The summed E-state index contributed by atoms with van der Waals surface area (Å²) in [4.78, 5) is 4.22. The molecule has 2 heterocycles. The molecule has 0 saturated carbocycles. The Labute approximate surface area is 238 Å². The third-order valence-corrected chi connectivity index (χ3v) is 9.75. The minimum Gasteiger partial charge on any atom is -0.439 e. The number of rotatable bonds is 8. The maximum Gasteiger partial charge on any atom is 0.244 e. The van der Waals surface area contributed by atoms with Gasteiger partial charge >= 0.3 is 0 Å². The summed E-state index contributed by atoms with van der Waals surface area (Å²) in [6, 6.07) is 19.8. The summed E-state index contributed by atoms with van der Waals surface area (Å²) in [7, 11) is -3.92. The summed E-state index contributed by atoms with van der Waals surface area (Å²) < 4.78 is 49.7. The highest BCUT2D eigenvalue weighted by molar-refractivity contribution is 7.89. The molecule has 2 aromatic carbocycles. The molecule has 0 amide bonds. The second-order valence-electron chi connectivity index (χ2n) is 10.3. The summed E-state index contributed by atoms with van der Waals surface area (Å²) in [5.74, 6) is 0.639. The number of sulfonamides is 1. The first kappa shape index (κ1) is 26.9. The molecule has 41 heavy (non-hydrogen) atoms. The van der Waals surface area contributed by atoms with Gasteiger partial charge in [0.2, 0.25) is 15.9 Å². The average Bonchev–Trinajstić information content (AvgIpc) is 3.59. The van der Waals surface area contributed by atoms with Gasteiger partial charge < -0.3 is 4.74 Å². The SMILES string of the molecule is C[C@@H]1C2=C(CC[C@@H]2CN(CC#N)S(=O)(=O)c2ccc(Oc3ccccn3)cc2)Cc2c1cnn2-c1ccc(F)cc1. The Morgan fingerprint density at radius 3 is 2.61 bits per heavy atom. The second kappa shape index (κ2) is 10.9. The summed E-state index contributed by atoms with van der Waals surface area (Å²) in [6.07, 6.45) is 5.87. The van der Waals surface area contributed by atoms with Crippen LogP contribution in [-0.4, -0.2) is 40.6 Å². The van der Waals surface area contributed by atoms with Crippen LogP contribution in [0.5, 0.6) is 11.6 Å². The van der Waals surface area contributed by atoms with Gasteiger partial charge in [-0.1, -0.05) is 24.1 Å². The Kier molecular flexibility index (Phi) is 7.15. The average molecular weight is 570 g/mol. The van der Waals surface area contributed by atoms with E-state index in [4.69, 9.17) is 4.74 Å². The quantitative estimate of drug-likeness (QED) is 0.197. The standard InChI is InChI=1S/C31H28FN5O3S/c1-21-28-19-35-37(25-9-7-24(32)8-10-25)29(28)18-22-5-6-23(31(21)22)20-36(17-15-33)41(38,39)27-13-11-26(12-14-27)40-30-4-2-3-16-34-30/h2-4,7-14,16,19,21,23H,5-6,17-18,20H2,1H3/t21-,23+/m0/s1. The highest BCUT2D eigenvalue weighted by Gasteiger charge is 2.38. The number of nitriles is 1. The molecular weight excluding hydrogens is 541 g/mol. The van der Waals surface area contributed by atoms with Gasteiger partial charge in [-0.3, -0.25) is 0 Å². The summed E-state index contributed by atoms with van der Waals surface area (Å²) in [5.41, 5.74) is 5.52. The molecule has 10 heteroatoms. The van der Waals surface area contributed by atoms with Gasteiger partial charge in [-0.25, -0.2) is 22.5 Å². The molecule has 2 aliphatic rings. The topological polar surface area (TPSA) is 101 Å². The van der Waals surface area contributed by atoms with Crippen molar-refractivity contribution in [3.8, 4) is 23.4 Å². The van der Waals surface area contributed by atoms with Crippen LogP contribution >= 0.6 is 0 Å². The molecule has 4 aromatic rings. The molecule has 0 radical (unpaired) electrons. The monoisotopic (exact) mass is 569 g/mol. The van der Waals surface area contributed by atoms with E-state index in [2.05, 4.69) is 17.0 Å². The van der Waals surface area contributed by atoms with E-state index in [1.54, 1.807) is 48.7 Å². The molecule has 6 rings (SSSR count). The first-order valence-corrected chi connectivity index (χ1v) is 14.9. The van der Waals surface area contributed by atoms with E-state index < -0.39 is 10.0 Å². The lowest BCUT2D eigenvalue weighted by atomic mass is 9.80. The lowest BCUT2D eigenvalue weighted by Crippen LogP contribution is -2.36. The maximum atomic E-state index is 13.7. The predicted octanol–water partition coefficient (Wildman–Crippen LogP) is 5.78. The van der Waals surface area contributed by atoms with E-state index in [1.807, 2.05) is 16.9 Å². The molecule has 8 nitrogen and oxygen atoms in total. The first-order valence-electron chi connectivity index (χ1n) is 13.5. The van der Waals surface area contributed by atoms with E-state index in [-0.39, 0.29) is 35.6 Å². The van der Waals surface area contributed by atoms with E-state index in [0.29, 0.717) is 18.1 Å². The molecule has 2 aromatic heterocycles. The van der Waals surface area contributed by atoms with Gasteiger partial charge in [0.25, 0.3) is 0 Å². The van der Waals surface area contributed by atoms with Crippen molar-refractivity contribution < 1.29 is 17.5 Å². The van der Waals surface area contributed by atoms with E-state index in [1.165, 1.54) is 39.7 Å². The smallest absolute Gasteiger partial charge is 0.244 e. The Morgan fingerprint density at radius 2 is 1.90 bits per heavy atom. The van der Waals surface area contributed by atoms with Crippen LogP contribution in [0.1, 0.15) is 36.9 Å². The number of ether oxygens (including phenoxy) is 1. The van der Waals surface area contributed by atoms with Crippen molar-refractivity contribution in [2.75, 3.05) is 13.1 Å². The van der Waals surface area contributed by atoms with Crippen molar-refractivity contribution >= 4 is 10.0 Å². The van der Waals surface area contributed by atoms with Gasteiger partial charge in [0.1, 0.15) is 18.1 Å². The van der Waals surface area contributed by atoms with Crippen molar-refractivity contribution in [2.24, 2.45) is 5.92 Å². The van der Waals surface area contributed by atoms with Gasteiger partial charge in [0.05, 0.1) is 28.5 Å². The minimum absolute atomic E-state index is 0.00259. The minimum atomic E-state index is -3.92. The molecule has 208 valence electrons. The van der Waals surface area contributed by atoms with Crippen molar-refractivity contribution in [1.29, 1.82) is 5.26 Å². The lowest BCUT2D eigenvalue weighted by Gasteiger charge is -2.30. The van der Waals surface area contributed by atoms with Crippen LogP contribution in [0.15, 0.2) is 95.2 Å². The van der Waals surface area contributed by atoms with Gasteiger partial charge in [0, 0.05) is 36.7 Å². The third-order valence-electron chi connectivity index (χ3n) is 7.92. The van der Waals surface area contributed by atoms with Crippen LogP contribution in [0.4, 0.5) is 4.39 Å². The Hall–Kier alpha value is -4.33. The molecule has 0 saturated heterocycles. The zero-order valence-corrected chi connectivity index (χ0v) is 23.3. The molecule has 0 bridgehead atoms. The summed E-state index contributed by atoms with van der Waals surface area (Å²) in [6.45, 7) is 2.12. The predicted molar refractivity (Wildman–Crippen MR) is 151 cm³/mol. The number of aromatic nitrogens is 3. The lowest BCUT2D eigenvalue weighted by molar-refractivity contribution is 0.383. The first-order chi connectivity index (χ1) is 19.8. The zero-order chi connectivity index (χ0) is 28.6. The van der Waals surface area contributed by atoms with Crippen LogP contribution in [0.2, 0.25) is 0 Å². The van der Waals surface area contributed by atoms with E-state index >= 15 is 0 Å². The highest BCUT2D eigenvalue weighted by atomic mass is 32.2. The normalized spacial score (nSPS) is 18.2. The van der Waals surface area contributed by atoms with Gasteiger partial charge in [-0.15, -0.1) is 0 Å². The molecule has 0 spiro atoms. The Morgan fingerprint density at radius 1 is 1.12 bits per heavy atom. The number of benzene rings is 2. The molecule has 0 N–H and O–H groups in total. The fraction of sp³-hybridized carbons (Fsp3) is 0.258. The number of halogens is 1. The van der Waals surface area contributed by atoms with Crippen molar-refractivity contribution in [3.63, 3.8) is 0 Å². The van der Waals surface area contributed by atoms with Crippen molar-refractivity contribution in [1.82, 2.24) is 19.1 Å². The summed E-state index contributed by atoms with van der Waals surface area (Å²) in [5, 5.41) is 14.1. The van der Waals surface area contributed by atoms with Crippen LogP contribution in [-0.2, 0) is 16.4 Å². The van der Waals surface area contributed by atoms with Crippen LogP contribution < -0.4 is 4.74 Å². The molecule has 0 fully saturated rings. The molecular formula is C31H28FN5O3S. The Bertz CT molecular complexity index is 1740. The van der Waals surface area contributed by atoms with Gasteiger partial charge in [0.15, 0.2) is 0 Å². The number of fused-ring (bicyclic) bond motifs is 1. The molecule has 0 unspecified atom stereocenters. The number of pyridine rings is 1. The van der Waals surface area contributed by atoms with Crippen molar-refractivity contribution in [2.45, 2.75) is 37.0 Å². The number of nitrogens with zero attached hydrogens (tertiary/aromatic N) is 5. The van der Waals surface area contributed by atoms with Crippen LogP contribution in [0.25, 0.3) is 5.69 Å². The fourth-order valence-corrected chi connectivity index (χ4v) is 7.39.